The van der Waals surface area contributed by atoms with Gasteiger partial charge in [-0.25, -0.2) is 19.4 Å². The van der Waals surface area contributed by atoms with E-state index in [4.69, 9.17) is 15.5 Å². The molecule has 13 nitrogen and oxygen atoms in total. The first-order valence-corrected chi connectivity index (χ1v) is 18.0. The van der Waals surface area contributed by atoms with E-state index in [1.807, 2.05) is 53.9 Å². The topological polar surface area (TPSA) is 205 Å². The number of aromatic carboxylic acids is 3. The van der Waals surface area contributed by atoms with Crippen LogP contribution in [0.15, 0.2) is 116 Å². The standard InChI is InChI=1S/C21H13F3N4S2.C18H11N3O6.Ru/c22-21(23,24)20-10-17(28(27-20)13-29-12-25)16-7-6-15(11-26-16)19-9-8-18(30-19)14-4-2-1-3-5-14;22-16(23)9-1-3-19-12(5-9)14-7-11(18(26)27)8-15(21-14)13-6-10(17(24)25)2-4-20-13;/h1-11H,13H2;1-8H,(H,22,23)(H,24,25)(H,26,27);. The van der Waals surface area contributed by atoms with Crippen molar-refractivity contribution in [2.24, 2.45) is 0 Å². The molecule has 0 aliphatic rings. The maximum Gasteiger partial charge on any atom is 0.435 e. The summed E-state index contributed by atoms with van der Waals surface area (Å²) in [4.78, 5) is 52.6. The Kier molecular flexibility index (Phi) is 13.6. The van der Waals surface area contributed by atoms with Crippen molar-refractivity contribution in [3.8, 4) is 60.4 Å². The van der Waals surface area contributed by atoms with Crippen LogP contribution in [0.25, 0.3) is 55.0 Å². The van der Waals surface area contributed by atoms with E-state index in [2.05, 4.69) is 25.0 Å². The first-order chi connectivity index (χ1) is 27.3. The summed E-state index contributed by atoms with van der Waals surface area (Å²) in [5.41, 5.74) is 1.94. The Morgan fingerprint density at radius 3 is 1.74 bits per heavy atom. The average Bonchev–Trinajstić information content (AvgIpc) is 3.90. The molecule has 7 rings (SSSR count). The smallest absolute Gasteiger partial charge is 0.435 e. The second-order valence-electron chi connectivity index (χ2n) is 11.6. The van der Waals surface area contributed by atoms with Crippen LogP contribution in [0.5, 0.6) is 0 Å². The maximum atomic E-state index is 13.1. The zero-order valence-electron chi connectivity index (χ0n) is 29.2. The monoisotopic (exact) mass is 909 g/mol. The van der Waals surface area contributed by atoms with Crippen molar-refractivity contribution in [2.45, 2.75) is 12.1 Å². The number of aromatic nitrogens is 6. The minimum Gasteiger partial charge on any atom is -0.478 e. The number of halogens is 3. The molecule has 0 saturated carbocycles. The van der Waals surface area contributed by atoms with Crippen LogP contribution in [0.4, 0.5) is 13.2 Å². The van der Waals surface area contributed by atoms with Gasteiger partial charge in [-0.3, -0.25) is 19.6 Å². The summed E-state index contributed by atoms with van der Waals surface area (Å²) >= 11 is 2.42. The summed E-state index contributed by atoms with van der Waals surface area (Å²) in [6, 6.07) is 26.1. The van der Waals surface area contributed by atoms with Crippen molar-refractivity contribution in [3.05, 3.63) is 138 Å². The van der Waals surface area contributed by atoms with Crippen molar-refractivity contribution in [2.75, 3.05) is 0 Å². The second kappa shape index (κ2) is 18.6. The molecule has 6 heterocycles. The van der Waals surface area contributed by atoms with Crippen LogP contribution < -0.4 is 0 Å². The first-order valence-electron chi connectivity index (χ1n) is 16.2. The van der Waals surface area contributed by atoms with E-state index in [-0.39, 0.29) is 70.5 Å². The van der Waals surface area contributed by atoms with Gasteiger partial charge in [0.1, 0.15) is 11.3 Å². The molecule has 0 amide bonds. The van der Waals surface area contributed by atoms with Crippen LogP contribution >= 0.6 is 23.1 Å². The number of thiocyanates is 1. The van der Waals surface area contributed by atoms with E-state index < -0.39 is 29.8 Å². The molecule has 0 radical (unpaired) electrons. The Morgan fingerprint density at radius 2 is 1.24 bits per heavy atom. The summed E-state index contributed by atoms with van der Waals surface area (Å²) in [6.07, 6.45) is -0.381. The third-order valence-corrected chi connectivity index (χ3v) is 9.59. The van der Waals surface area contributed by atoms with Gasteiger partial charge in [-0.1, -0.05) is 30.3 Å². The van der Waals surface area contributed by atoms with Crippen LogP contribution in [0.2, 0.25) is 0 Å². The summed E-state index contributed by atoms with van der Waals surface area (Å²) in [7, 11) is 0. The Hall–Kier alpha value is -6.61. The zero-order chi connectivity index (χ0) is 40.7. The van der Waals surface area contributed by atoms with Gasteiger partial charge in [0.2, 0.25) is 0 Å². The Balaban J connectivity index is 0.000000218. The first kappa shape index (κ1) is 42.5. The number of benzene rings is 1. The molecule has 0 atom stereocenters. The van der Waals surface area contributed by atoms with Crippen LogP contribution in [-0.4, -0.2) is 62.9 Å². The predicted molar refractivity (Wildman–Crippen MR) is 204 cm³/mol. The summed E-state index contributed by atoms with van der Waals surface area (Å²) in [5.74, 6) is -3.58. The number of carboxylic acid groups (broad SMARTS) is 3. The maximum absolute atomic E-state index is 13.1. The van der Waals surface area contributed by atoms with Gasteiger partial charge >= 0.3 is 24.1 Å². The van der Waals surface area contributed by atoms with E-state index in [9.17, 15) is 32.7 Å². The van der Waals surface area contributed by atoms with Crippen molar-refractivity contribution in [3.63, 3.8) is 0 Å². The normalized spacial score (nSPS) is 10.7. The number of hydrogen-bond donors (Lipinski definition) is 3. The van der Waals surface area contributed by atoms with Gasteiger partial charge in [-0.15, -0.1) is 11.3 Å². The van der Waals surface area contributed by atoms with E-state index in [0.717, 1.165) is 43.4 Å². The summed E-state index contributed by atoms with van der Waals surface area (Å²) in [5, 5.41) is 41.7. The van der Waals surface area contributed by atoms with Crippen molar-refractivity contribution >= 4 is 41.0 Å². The molecular formula is C39H24F3N7O6RuS2. The van der Waals surface area contributed by atoms with Crippen LogP contribution in [0.1, 0.15) is 36.8 Å². The van der Waals surface area contributed by atoms with Crippen LogP contribution in [0.3, 0.4) is 0 Å². The number of alkyl halides is 3. The molecule has 0 bridgehead atoms. The third kappa shape index (κ3) is 10.2. The molecule has 0 spiro atoms. The van der Waals surface area contributed by atoms with Gasteiger partial charge in [0.15, 0.2) is 5.69 Å². The van der Waals surface area contributed by atoms with Gasteiger partial charge in [0.25, 0.3) is 0 Å². The number of hydrogen-bond acceptors (Lipinski definition) is 11. The third-order valence-electron chi connectivity index (χ3n) is 7.91. The minimum atomic E-state index is -4.57. The van der Waals surface area contributed by atoms with Gasteiger partial charge in [-0.05, 0) is 84.1 Å². The quantitative estimate of drug-likeness (QED) is 0.0868. The molecule has 3 N–H and O–H groups in total. The Morgan fingerprint density at radius 1 is 0.690 bits per heavy atom. The second-order valence-corrected chi connectivity index (χ2v) is 13.5. The van der Waals surface area contributed by atoms with Gasteiger partial charge in [-0.2, -0.15) is 23.5 Å². The molecule has 6 aromatic heterocycles. The largest absolute Gasteiger partial charge is 0.478 e. The van der Waals surface area contributed by atoms with Crippen LogP contribution in [-0.2, 0) is 31.5 Å². The molecule has 0 aliphatic heterocycles. The van der Waals surface area contributed by atoms with E-state index >= 15 is 0 Å². The molecule has 292 valence electrons. The van der Waals surface area contributed by atoms with Crippen LogP contribution in [0, 0.1) is 10.7 Å². The van der Waals surface area contributed by atoms with E-state index in [1.54, 1.807) is 23.6 Å². The minimum absolute atomic E-state index is 0. The van der Waals surface area contributed by atoms with Gasteiger partial charge in [0.05, 0.1) is 50.9 Å². The van der Waals surface area contributed by atoms with Crippen molar-refractivity contribution in [1.82, 2.24) is 29.7 Å². The average molecular weight is 909 g/mol. The molecule has 7 aromatic rings. The number of nitriles is 1. The number of thiophene rings is 1. The van der Waals surface area contributed by atoms with Crippen molar-refractivity contribution < 1.29 is 62.4 Å². The predicted octanol–water partition coefficient (Wildman–Crippen LogP) is 8.83. The molecule has 19 heteroatoms. The fourth-order valence-corrected chi connectivity index (χ4v) is 6.59. The van der Waals surface area contributed by atoms with Gasteiger partial charge in [0, 0.05) is 53.4 Å². The molecule has 0 fully saturated rings. The number of nitrogens with zero attached hydrogens (tertiary/aromatic N) is 7. The summed E-state index contributed by atoms with van der Waals surface area (Å²) < 4.78 is 40.4. The fourth-order valence-electron chi connectivity index (χ4n) is 5.22. The van der Waals surface area contributed by atoms with Crippen molar-refractivity contribution in [1.29, 1.82) is 5.26 Å². The number of pyridine rings is 4. The SMILES string of the molecule is N#CSCn1nc(C(F)(F)F)cc1-c1ccc(-c2ccc(-c3ccccc3)s2)cn1.O=C(O)c1ccnc(-c2cc(C(=O)O)cc(-c3cc(C(=O)O)ccn3)n2)c1.[Ru]. The molecular weight excluding hydrogens is 885 g/mol. The number of thioether (sulfide) groups is 1. The number of rotatable bonds is 10. The molecule has 0 unspecified atom stereocenters. The Labute approximate surface area is 347 Å². The Bertz CT molecular complexity index is 2580. The van der Waals surface area contributed by atoms with E-state index in [1.165, 1.54) is 48.8 Å². The zero-order valence-corrected chi connectivity index (χ0v) is 32.5. The molecule has 0 aliphatic carbocycles. The number of carbonyl (C=O) groups is 3. The fraction of sp³-hybridized carbons (Fsp3) is 0.0513. The molecule has 1 aromatic carbocycles. The molecule has 0 saturated heterocycles. The summed E-state index contributed by atoms with van der Waals surface area (Å²) in [6.45, 7) is 0. The van der Waals surface area contributed by atoms with E-state index in [0.29, 0.717) is 5.69 Å². The molecule has 58 heavy (non-hydrogen) atoms. The number of carboxylic acids is 3. The van der Waals surface area contributed by atoms with Gasteiger partial charge < -0.3 is 15.3 Å².